The minimum absolute atomic E-state index is 0.151. The number of hydrogen-bond acceptors (Lipinski definition) is 3. The third kappa shape index (κ3) is 3.34. The highest BCUT2D eigenvalue weighted by molar-refractivity contribution is 5.68. The number of rotatable bonds is 5. The number of anilines is 2. The number of aryl methyl sites for hydroxylation is 1. The van der Waals surface area contributed by atoms with Crippen LogP contribution >= 0.6 is 0 Å². The molecule has 0 saturated heterocycles. The molecule has 0 aliphatic carbocycles. The third-order valence-corrected chi connectivity index (χ3v) is 2.25. The van der Waals surface area contributed by atoms with E-state index >= 15 is 0 Å². The lowest BCUT2D eigenvalue weighted by molar-refractivity contribution is 0.153. The zero-order valence-corrected chi connectivity index (χ0v) is 9.16. The first-order valence-corrected chi connectivity index (χ1v) is 5.04. The first-order chi connectivity index (χ1) is 7.54. The molecule has 3 N–H and O–H groups in total. The van der Waals surface area contributed by atoms with E-state index in [0.717, 1.165) is 5.56 Å². The van der Waals surface area contributed by atoms with Crippen LogP contribution in [0.15, 0.2) is 18.2 Å². The molecule has 0 amide bonds. The fraction of sp³-hybridized carbons (Fsp3) is 0.455. The van der Waals surface area contributed by atoms with Gasteiger partial charge in [0.05, 0.1) is 24.5 Å². The summed E-state index contributed by atoms with van der Waals surface area (Å²) < 4.78 is 24.7. The van der Waals surface area contributed by atoms with Gasteiger partial charge in [-0.3, -0.25) is 0 Å². The summed E-state index contributed by atoms with van der Waals surface area (Å²) in [7, 11) is 0. The Morgan fingerprint density at radius 2 is 2.12 bits per heavy atom. The molecule has 0 spiro atoms. The van der Waals surface area contributed by atoms with E-state index in [4.69, 9.17) is 10.8 Å². The van der Waals surface area contributed by atoms with Gasteiger partial charge < -0.3 is 15.7 Å². The predicted octanol–water partition coefficient (Wildman–Crippen LogP) is 1.64. The SMILES string of the molecule is Cc1ccc(N)c(N(CCO)CC(F)F)c1. The molecule has 90 valence electrons. The first kappa shape index (κ1) is 12.7. The van der Waals surface area contributed by atoms with Gasteiger partial charge in [-0.15, -0.1) is 0 Å². The van der Waals surface area contributed by atoms with Crippen LogP contribution in [0.1, 0.15) is 5.56 Å². The Morgan fingerprint density at radius 1 is 1.44 bits per heavy atom. The molecular weight excluding hydrogens is 214 g/mol. The summed E-state index contributed by atoms with van der Waals surface area (Å²) in [4.78, 5) is 1.40. The van der Waals surface area contributed by atoms with Crippen molar-refractivity contribution in [3.05, 3.63) is 23.8 Å². The van der Waals surface area contributed by atoms with Crippen molar-refractivity contribution in [1.82, 2.24) is 0 Å². The highest BCUT2D eigenvalue weighted by atomic mass is 19.3. The Morgan fingerprint density at radius 3 is 2.69 bits per heavy atom. The van der Waals surface area contributed by atoms with E-state index < -0.39 is 13.0 Å². The molecule has 1 aromatic carbocycles. The van der Waals surface area contributed by atoms with E-state index in [1.807, 2.05) is 13.0 Å². The molecule has 5 heteroatoms. The lowest BCUT2D eigenvalue weighted by atomic mass is 10.1. The summed E-state index contributed by atoms with van der Waals surface area (Å²) in [5.41, 5.74) is 7.67. The van der Waals surface area contributed by atoms with Crippen LogP contribution in [0.3, 0.4) is 0 Å². The van der Waals surface area contributed by atoms with Crippen molar-refractivity contribution < 1.29 is 13.9 Å². The molecule has 0 fully saturated rings. The monoisotopic (exact) mass is 230 g/mol. The second kappa shape index (κ2) is 5.65. The molecule has 0 atom stereocenters. The van der Waals surface area contributed by atoms with Crippen molar-refractivity contribution >= 4 is 11.4 Å². The van der Waals surface area contributed by atoms with Gasteiger partial charge >= 0.3 is 0 Å². The molecule has 0 aromatic heterocycles. The van der Waals surface area contributed by atoms with Crippen LogP contribution in [0.4, 0.5) is 20.2 Å². The summed E-state index contributed by atoms with van der Waals surface area (Å²) >= 11 is 0. The fourth-order valence-electron chi connectivity index (χ4n) is 1.52. The number of hydrogen-bond donors (Lipinski definition) is 2. The Hall–Kier alpha value is -1.36. The van der Waals surface area contributed by atoms with Crippen LogP contribution in [-0.2, 0) is 0 Å². The summed E-state index contributed by atoms with van der Waals surface area (Å²) in [5, 5.41) is 8.84. The van der Waals surface area contributed by atoms with E-state index in [2.05, 4.69) is 0 Å². The standard InChI is InChI=1S/C11H16F2N2O/c1-8-2-3-9(14)10(6-8)15(4-5-16)7-11(12)13/h2-3,6,11,16H,4-5,7,14H2,1H3. The van der Waals surface area contributed by atoms with Gasteiger partial charge in [-0.25, -0.2) is 8.78 Å². The largest absolute Gasteiger partial charge is 0.397 e. The predicted molar refractivity (Wildman–Crippen MR) is 60.9 cm³/mol. The zero-order valence-electron chi connectivity index (χ0n) is 9.16. The molecule has 0 heterocycles. The normalized spacial score (nSPS) is 10.8. The number of nitrogen functional groups attached to an aromatic ring is 1. The average molecular weight is 230 g/mol. The molecular formula is C11H16F2N2O. The van der Waals surface area contributed by atoms with Crippen LogP contribution < -0.4 is 10.6 Å². The van der Waals surface area contributed by atoms with Crippen molar-refractivity contribution in [1.29, 1.82) is 0 Å². The van der Waals surface area contributed by atoms with E-state index in [9.17, 15) is 8.78 Å². The van der Waals surface area contributed by atoms with Crippen LogP contribution in [0.5, 0.6) is 0 Å². The molecule has 1 rings (SSSR count). The highest BCUT2D eigenvalue weighted by Gasteiger charge is 2.14. The summed E-state index contributed by atoms with van der Waals surface area (Å²) in [6, 6.07) is 5.24. The number of nitrogens with two attached hydrogens (primary N) is 1. The molecule has 0 saturated carbocycles. The lowest BCUT2D eigenvalue weighted by Crippen LogP contribution is -2.32. The summed E-state index contributed by atoms with van der Waals surface area (Å²) in [6.07, 6.45) is -2.45. The maximum absolute atomic E-state index is 12.4. The topological polar surface area (TPSA) is 49.5 Å². The summed E-state index contributed by atoms with van der Waals surface area (Å²) in [5.74, 6) is 0. The van der Waals surface area contributed by atoms with Crippen molar-refractivity contribution in [2.24, 2.45) is 0 Å². The van der Waals surface area contributed by atoms with E-state index in [0.29, 0.717) is 11.4 Å². The van der Waals surface area contributed by atoms with Crippen LogP contribution in [0, 0.1) is 6.92 Å². The smallest absolute Gasteiger partial charge is 0.255 e. The van der Waals surface area contributed by atoms with Gasteiger partial charge in [0.15, 0.2) is 0 Å². The molecule has 0 radical (unpaired) electrons. The summed E-state index contributed by atoms with van der Waals surface area (Å²) in [6.45, 7) is 1.41. The van der Waals surface area contributed by atoms with E-state index in [-0.39, 0.29) is 13.2 Å². The van der Waals surface area contributed by atoms with Gasteiger partial charge in [0.1, 0.15) is 0 Å². The molecule has 1 aromatic rings. The van der Waals surface area contributed by atoms with Crippen molar-refractivity contribution in [3.63, 3.8) is 0 Å². The highest BCUT2D eigenvalue weighted by Crippen LogP contribution is 2.24. The molecule has 0 bridgehead atoms. The zero-order chi connectivity index (χ0) is 12.1. The van der Waals surface area contributed by atoms with Gasteiger partial charge in [-0.2, -0.15) is 0 Å². The number of nitrogens with zero attached hydrogens (tertiary/aromatic N) is 1. The second-order valence-corrected chi connectivity index (χ2v) is 3.62. The maximum Gasteiger partial charge on any atom is 0.255 e. The third-order valence-electron chi connectivity index (χ3n) is 2.25. The number of alkyl halides is 2. The minimum Gasteiger partial charge on any atom is -0.397 e. The van der Waals surface area contributed by atoms with Gasteiger partial charge in [-0.05, 0) is 24.6 Å². The fourth-order valence-corrected chi connectivity index (χ4v) is 1.52. The molecule has 16 heavy (non-hydrogen) atoms. The Labute approximate surface area is 93.5 Å². The lowest BCUT2D eigenvalue weighted by Gasteiger charge is -2.25. The molecule has 3 nitrogen and oxygen atoms in total. The molecule has 0 unspecified atom stereocenters. The van der Waals surface area contributed by atoms with E-state index in [1.54, 1.807) is 12.1 Å². The van der Waals surface area contributed by atoms with Crippen molar-refractivity contribution in [2.75, 3.05) is 30.3 Å². The Kier molecular flexibility index (Phi) is 4.49. The Balaban J connectivity index is 2.94. The van der Waals surface area contributed by atoms with Crippen LogP contribution in [-0.4, -0.2) is 31.2 Å². The minimum atomic E-state index is -2.45. The van der Waals surface area contributed by atoms with Crippen LogP contribution in [0.25, 0.3) is 0 Å². The quantitative estimate of drug-likeness (QED) is 0.756. The van der Waals surface area contributed by atoms with Crippen molar-refractivity contribution in [3.8, 4) is 0 Å². The second-order valence-electron chi connectivity index (χ2n) is 3.62. The molecule has 0 aliphatic rings. The molecule has 0 aliphatic heterocycles. The van der Waals surface area contributed by atoms with Crippen LogP contribution in [0.2, 0.25) is 0 Å². The van der Waals surface area contributed by atoms with Gasteiger partial charge in [0.2, 0.25) is 0 Å². The van der Waals surface area contributed by atoms with Gasteiger partial charge in [0, 0.05) is 6.54 Å². The first-order valence-electron chi connectivity index (χ1n) is 5.04. The number of benzene rings is 1. The van der Waals surface area contributed by atoms with Gasteiger partial charge in [-0.1, -0.05) is 6.07 Å². The van der Waals surface area contributed by atoms with E-state index in [1.165, 1.54) is 4.90 Å². The number of aliphatic hydroxyl groups is 1. The number of aliphatic hydroxyl groups excluding tert-OH is 1. The van der Waals surface area contributed by atoms with Crippen molar-refractivity contribution in [2.45, 2.75) is 13.3 Å². The number of halogens is 2. The Bertz CT molecular complexity index is 345. The van der Waals surface area contributed by atoms with Gasteiger partial charge in [0.25, 0.3) is 6.43 Å². The maximum atomic E-state index is 12.4. The average Bonchev–Trinajstić information content (AvgIpc) is 2.20.